The van der Waals surface area contributed by atoms with Gasteiger partial charge in [0.1, 0.15) is 12.7 Å². The molecule has 30 heavy (non-hydrogen) atoms. The molecule has 2 rings (SSSR count). The standard InChI is InChI=1S/C20H28N2O8/c1-4-14(23)27-11-13-17(29-15(24)5-2)18(30-16(25)6-3)20(28-13)22-9-7-8-12(10-22)19(21)26/h7,9-10,13,17-18,20H,4-6,8,11H2,1-3H3,(H2,21,26)/t13?,17?,18-,20?/m1/s1. The molecule has 0 bridgehead atoms. The molecule has 166 valence electrons. The van der Waals surface area contributed by atoms with Crippen LogP contribution in [-0.2, 0) is 38.1 Å². The Hall–Kier alpha value is -2.88. The topological polar surface area (TPSA) is 134 Å². The van der Waals surface area contributed by atoms with Gasteiger partial charge in [-0.25, -0.2) is 0 Å². The number of carbonyl (C=O) groups excluding carboxylic acids is 4. The Balaban J connectivity index is 2.34. The van der Waals surface area contributed by atoms with Crippen molar-refractivity contribution in [2.24, 2.45) is 5.73 Å². The van der Waals surface area contributed by atoms with Gasteiger partial charge < -0.3 is 29.6 Å². The van der Waals surface area contributed by atoms with Crippen molar-refractivity contribution in [2.45, 2.75) is 71.0 Å². The molecule has 0 radical (unpaired) electrons. The number of hydrogen-bond donors (Lipinski definition) is 1. The van der Waals surface area contributed by atoms with E-state index in [1.165, 1.54) is 11.1 Å². The SMILES string of the molecule is CCC(=O)OCC1OC(N2C=CCC(C(N)=O)=C2)[C@H](OC(=O)CC)C1OC(=O)CC. The largest absolute Gasteiger partial charge is 0.463 e. The summed E-state index contributed by atoms with van der Waals surface area (Å²) >= 11 is 0. The molecule has 2 aliphatic heterocycles. The number of amides is 1. The van der Waals surface area contributed by atoms with E-state index in [-0.39, 0.29) is 25.9 Å². The first-order chi connectivity index (χ1) is 14.3. The van der Waals surface area contributed by atoms with Gasteiger partial charge in [0.2, 0.25) is 5.91 Å². The molecule has 1 fully saturated rings. The fourth-order valence-electron chi connectivity index (χ4n) is 3.00. The highest BCUT2D eigenvalue weighted by molar-refractivity contribution is 5.92. The molecule has 0 aliphatic carbocycles. The summed E-state index contributed by atoms with van der Waals surface area (Å²) in [5.74, 6) is -2.07. The summed E-state index contributed by atoms with van der Waals surface area (Å²) in [5.41, 5.74) is 5.72. The molecule has 0 spiro atoms. The Morgan fingerprint density at radius 2 is 1.63 bits per heavy atom. The van der Waals surface area contributed by atoms with E-state index in [9.17, 15) is 19.2 Å². The van der Waals surface area contributed by atoms with Crippen molar-refractivity contribution in [1.82, 2.24) is 4.90 Å². The number of nitrogens with zero attached hydrogens (tertiary/aromatic N) is 1. The number of hydrogen-bond acceptors (Lipinski definition) is 9. The predicted molar refractivity (Wildman–Crippen MR) is 103 cm³/mol. The van der Waals surface area contributed by atoms with E-state index >= 15 is 0 Å². The van der Waals surface area contributed by atoms with Gasteiger partial charge in [0.05, 0.1) is 0 Å². The van der Waals surface area contributed by atoms with Crippen molar-refractivity contribution < 1.29 is 38.1 Å². The second-order valence-corrected chi connectivity index (χ2v) is 6.77. The zero-order valence-electron chi connectivity index (χ0n) is 17.4. The molecule has 0 aromatic carbocycles. The Morgan fingerprint density at radius 1 is 1.03 bits per heavy atom. The molecule has 4 atom stereocenters. The molecule has 2 heterocycles. The quantitative estimate of drug-likeness (QED) is 0.423. The van der Waals surface area contributed by atoms with E-state index in [0.717, 1.165) is 0 Å². The maximum atomic E-state index is 12.1. The van der Waals surface area contributed by atoms with Crippen LogP contribution in [0.15, 0.2) is 24.0 Å². The number of allylic oxidation sites excluding steroid dienone is 1. The molecule has 0 aromatic rings. The van der Waals surface area contributed by atoms with Crippen molar-refractivity contribution in [3.8, 4) is 0 Å². The van der Waals surface area contributed by atoms with Gasteiger partial charge in [0.15, 0.2) is 18.4 Å². The van der Waals surface area contributed by atoms with Crippen molar-refractivity contribution in [3.63, 3.8) is 0 Å². The Labute approximate surface area is 174 Å². The smallest absolute Gasteiger partial charge is 0.306 e. The molecule has 1 saturated heterocycles. The van der Waals surface area contributed by atoms with E-state index in [1.807, 2.05) is 0 Å². The summed E-state index contributed by atoms with van der Waals surface area (Å²) in [5, 5.41) is 0. The van der Waals surface area contributed by atoms with E-state index in [1.54, 1.807) is 33.0 Å². The molecular weight excluding hydrogens is 396 g/mol. The molecular formula is C20H28N2O8. The van der Waals surface area contributed by atoms with Crippen LogP contribution in [0.25, 0.3) is 0 Å². The van der Waals surface area contributed by atoms with Gasteiger partial charge in [-0.15, -0.1) is 0 Å². The van der Waals surface area contributed by atoms with Crippen LogP contribution in [0.2, 0.25) is 0 Å². The molecule has 10 heteroatoms. The normalized spacial score (nSPS) is 25.4. The van der Waals surface area contributed by atoms with E-state index in [0.29, 0.717) is 12.0 Å². The highest BCUT2D eigenvalue weighted by atomic mass is 16.7. The van der Waals surface area contributed by atoms with Crippen molar-refractivity contribution in [1.29, 1.82) is 0 Å². The first-order valence-corrected chi connectivity index (χ1v) is 9.95. The van der Waals surface area contributed by atoms with Crippen molar-refractivity contribution >= 4 is 23.8 Å². The highest BCUT2D eigenvalue weighted by Crippen LogP contribution is 2.32. The summed E-state index contributed by atoms with van der Waals surface area (Å²) in [6.45, 7) is 4.72. The monoisotopic (exact) mass is 424 g/mol. The lowest BCUT2D eigenvalue weighted by molar-refractivity contribution is -0.169. The maximum absolute atomic E-state index is 12.1. The molecule has 10 nitrogen and oxygen atoms in total. The number of rotatable bonds is 9. The Morgan fingerprint density at radius 3 is 2.20 bits per heavy atom. The molecule has 2 aliphatic rings. The number of esters is 3. The van der Waals surface area contributed by atoms with Gasteiger partial charge in [0.25, 0.3) is 0 Å². The average molecular weight is 424 g/mol. The number of nitrogens with two attached hydrogens (primary N) is 1. The minimum absolute atomic E-state index is 0.103. The first-order valence-electron chi connectivity index (χ1n) is 9.95. The zero-order valence-corrected chi connectivity index (χ0v) is 17.4. The number of primary amides is 1. The minimum Gasteiger partial charge on any atom is -0.463 e. The van der Waals surface area contributed by atoms with Gasteiger partial charge in [-0.3, -0.25) is 19.2 Å². The van der Waals surface area contributed by atoms with Gasteiger partial charge in [-0.2, -0.15) is 0 Å². The Kier molecular flexibility index (Phi) is 8.40. The molecule has 0 aromatic heterocycles. The van der Waals surface area contributed by atoms with Gasteiger partial charge in [-0.1, -0.05) is 26.8 Å². The third-order valence-electron chi connectivity index (χ3n) is 4.63. The average Bonchev–Trinajstić information content (AvgIpc) is 3.08. The van der Waals surface area contributed by atoms with Crippen LogP contribution in [0.4, 0.5) is 0 Å². The fourth-order valence-corrected chi connectivity index (χ4v) is 3.00. The molecule has 1 amide bonds. The summed E-state index contributed by atoms with van der Waals surface area (Å²) in [4.78, 5) is 48.8. The second kappa shape index (κ2) is 10.8. The van der Waals surface area contributed by atoms with E-state index < -0.39 is 48.4 Å². The molecule has 3 unspecified atom stereocenters. The van der Waals surface area contributed by atoms with Gasteiger partial charge in [-0.05, 0) is 6.42 Å². The number of carbonyl (C=O) groups is 4. The Bertz CT molecular complexity index is 732. The minimum atomic E-state index is -1.01. The maximum Gasteiger partial charge on any atom is 0.306 e. The zero-order chi connectivity index (χ0) is 22.3. The van der Waals surface area contributed by atoms with Crippen LogP contribution >= 0.6 is 0 Å². The lowest BCUT2D eigenvalue weighted by Crippen LogP contribution is -2.45. The van der Waals surface area contributed by atoms with E-state index in [2.05, 4.69) is 0 Å². The van der Waals surface area contributed by atoms with Gasteiger partial charge in [0, 0.05) is 37.2 Å². The molecule has 2 N–H and O–H groups in total. The fraction of sp³-hybridized carbons (Fsp3) is 0.600. The van der Waals surface area contributed by atoms with Crippen molar-refractivity contribution in [3.05, 3.63) is 24.0 Å². The van der Waals surface area contributed by atoms with Crippen LogP contribution in [0.3, 0.4) is 0 Å². The van der Waals surface area contributed by atoms with Crippen LogP contribution in [0.5, 0.6) is 0 Å². The van der Waals surface area contributed by atoms with E-state index in [4.69, 9.17) is 24.7 Å². The third kappa shape index (κ3) is 5.82. The van der Waals surface area contributed by atoms with Crippen LogP contribution < -0.4 is 5.73 Å². The summed E-state index contributed by atoms with van der Waals surface area (Å²) in [6, 6.07) is 0. The van der Waals surface area contributed by atoms with Crippen LogP contribution in [0, 0.1) is 0 Å². The second-order valence-electron chi connectivity index (χ2n) is 6.77. The van der Waals surface area contributed by atoms with Gasteiger partial charge >= 0.3 is 17.9 Å². The predicted octanol–water partition coefficient (Wildman–Crippen LogP) is 0.897. The van der Waals surface area contributed by atoms with Crippen molar-refractivity contribution in [2.75, 3.05) is 6.61 Å². The molecule has 0 saturated carbocycles. The highest BCUT2D eigenvalue weighted by Gasteiger charge is 2.51. The summed E-state index contributed by atoms with van der Waals surface area (Å²) in [7, 11) is 0. The first kappa shape index (κ1) is 23.4. The van der Waals surface area contributed by atoms with Crippen LogP contribution in [-0.4, -0.2) is 59.9 Å². The third-order valence-corrected chi connectivity index (χ3v) is 4.63. The summed E-state index contributed by atoms with van der Waals surface area (Å²) < 4.78 is 22.2. The lowest BCUT2D eigenvalue weighted by atomic mass is 10.1. The number of ether oxygens (including phenoxy) is 4. The lowest BCUT2D eigenvalue weighted by Gasteiger charge is -2.30. The summed E-state index contributed by atoms with van der Waals surface area (Å²) in [6.07, 6.45) is 1.81. The van der Waals surface area contributed by atoms with Crippen LogP contribution in [0.1, 0.15) is 46.5 Å².